The Bertz CT molecular complexity index is 728. The minimum atomic E-state index is -0.393. The molecule has 5 heteroatoms. The molecule has 1 aliphatic rings. The van der Waals surface area contributed by atoms with Crippen molar-refractivity contribution in [2.24, 2.45) is 0 Å². The molecule has 1 N–H and O–H groups in total. The van der Waals surface area contributed by atoms with Gasteiger partial charge in [0.2, 0.25) is 11.8 Å². The summed E-state index contributed by atoms with van der Waals surface area (Å²) >= 11 is 0. The van der Waals surface area contributed by atoms with Gasteiger partial charge in [0, 0.05) is 31.9 Å². The van der Waals surface area contributed by atoms with Crippen LogP contribution in [-0.2, 0) is 22.6 Å². The second-order valence-corrected chi connectivity index (χ2v) is 6.51. The van der Waals surface area contributed by atoms with Crippen molar-refractivity contribution in [2.75, 3.05) is 6.54 Å². The maximum Gasteiger partial charge on any atom is 0.245 e. The van der Waals surface area contributed by atoms with Crippen LogP contribution in [0.5, 0.6) is 0 Å². The van der Waals surface area contributed by atoms with E-state index in [0.717, 1.165) is 11.1 Å². The number of hydrogen-bond acceptors (Lipinski definition) is 3. The third-order valence-corrected chi connectivity index (χ3v) is 4.52. The molecule has 1 aromatic carbocycles. The lowest BCUT2D eigenvalue weighted by molar-refractivity contribution is -0.133. The lowest BCUT2D eigenvalue weighted by atomic mass is 10.1. The van der Waals surface area contributed by atoms with Crippen molar-refractivity contribution in [1.29, 1.82) is 0 Å². The first-order valence-corrected chi connectivity index (χ1v) is 8.64. The Hall–Kier alpha value is -2.69. The van der Waals surface area contributed by atoms with Crippen molar-refractivity contribution in [3.05, 3.63) is 65.5 Å². The number of nitrogens with zero attached hydrogens (tertiary/aromatic N) is 2. The molecule has 0 spiro atoms. The van der Waals surface area contributed by atoms with Crippen LogP contribution in [0.15, 0.2) is 48.8 Å². The van der Waals surface area contributed by atoms with Gasteiger partial charge in [0.15, 0.2) is 0 Å². The van der Waals surface area contributed by atoms with Gasteiger partial charge in [0.1, 0.15) is 6.04 Å². The maximum absolute atomic E-state index is 12.5. The molecule has 130 valence electrons. The smallest absolute Gasteiger partial charge is 0.245 e. The number of benzene rings is 1. The van der Waals surface area contributed by atoms with Crippen LogP contribution in [0.25, 0.3) is 0 Å². The number of nitrogens with one attached hydrogen (secondary N) is 1. The summed E-state index contributed by atoms with van der Waals surface area (Å²) in [5, 5.41) is 2.88. The molecule has 1 fully saturated rings. The number of carbonyl (C=O) groups excluding carboxylic acids is 2. The normalized spacial score (nSPS) is 16.9. The van der Waals surface area contributed by atoms with E-state index in [4.69, 9.17) is 0 Å². The fourth-order valence-corrected chi connectivity index (χ4v) is 3.02. The van der Waals surface area contributed by atoms with E-state index in [1.165, 1.54) is 5.56 Å². The van der Waals surface area contributed by atoms with E-state index >= 15 is 0 Å². The Kier molecular flexibility index (Phi) is 5.43. The molecule has 2 amide bonds. The lowest BCUT2D eigenvalue weighted by Gasteiger charge is -2.17. The molecule has 5 nitrogen and oxygen atoms in total. The van der Waals surface area contributed by atoms with Crippen LogP contribution in [-0.4, -0.2) is 34.3 Å². The van der Waals surface area contributed by atoms with E-state index < -0.39 is 6.04 Å². The first kappa shape index (κ1) is 17.1. The number of amides is 2. The minimum absolute atomic E-state index is 0.0119. The Morgan fingerprint density at radius 2 is 1.88 bits per heavy atom. The minimum Gasteiger partial charge on any atom is -0.344 e. The van der Waals surface area contributed by atoms with E-state index in [0.29, 0.717) is 32.4 Å². The molecular formula is C20H23N3O2. The zero-order valence-corrected chi connectivity index (χ0v) is 14.4. The molecule has 2 aromatic rings. The number of rotatable bonds is 6. The molecule has 1 atom stereocenters. The van der Waals surface area contributed by atoms with Crippen LogP contribution in [0, 0.1) is 6.92 Å². The van der Waals surface area contributed by atoms with Gasteiger partial charge in [-0.1, -0.05) is 29.8 Å². The Labute approximate surface area is 148 Å². The number of hydrogen-bond donors (Lipinski definition) is 1. The van der Waals surface area contributed by atoms with Crippen LogP contribution in [0.2, 0.25) is 0 Å². The summed E-state index contributed by atoms with van der Waals surface area (Å²) in [6, 6.07) is 11.6. The van der Waals surface area contributed by atoms with E-state index in [2.05, 4.69) is 10.3 Å². The molecule has 3 rings (SSSR count). The summed E-state index contributed by atoms with van der Waals surface area (Å²) in [7, 11) is 0. The van der Waals surface area contributed by atoms with Crippen LogP contribution in [0.1, 0.15) is 29.5 Å². The van der Waals surface area contributed by atoms with Crippen molar-refractivity contribution in [1.82, 2.24) is 15.2 Å². The molecule has 0 unspecified atom stereocenters. The van der Waals surface area contributed by atoms with Crippen LogP contribution in [0.3, 0.4) is 0 Å². The molecule has 0 aliphatic carbocycles. The van der Waals surface area contributed by atoms with Crippen molar-refractivity contribution in [2.45, 2.75) is 38.8 Å². The van der Waals surface area contributed by atoms with Crippen LogP contribution >= 0.6 is 0 Å². The van der Waals surface area contributed by atoms with Gasteiger partial charge in [-0.2, -0.15) is 0 Å². The SMILES string of the molecule is Cc1ccc(CN2CC[C@@H](NC(=O)CCc3ccncc3)C2=O)cc1. The van der Waals surface area contributed by atoms with Gasteiger partial charge >= 0.3 is 0 Å². The third kappa shape index (κ3) is 4.66. The van der Waals surface area contributed by atoms with Gasteiger partial charge < -0.3 is 10.2 Å². The van der Waals surface area contributed by atoms with Gasteiger partial charge in [0.25, 0.3) is 0 Å². The molecule has 0 radical (unpaired) electrons. The highest BCUT2D eigenvalue weighted by molar-refractivity contribution is 5.89. The fourth-order valence-electron chi connectivity index (χ4n) is 3.02. The van der Waals surface area contributed by atoms with Gasteiger partial charge in [0.05, 0.1) is 0 Å². The van der Waals surface area contributed by atoms with Gasteiger partial charge in [-0.15, -0.1) is 0 Å². The van der Waals surface area contributed by atoms with E-state index in [1.807, 2.05) is 48.2 Å². The van der Waals surface area contributed by atoms with Crippen LogP contribution in [0.4, 0.5) is 0 Å². The van der Waals surface area contributed by atoms with E-state index in [-0.39, 0.29) is 11.8 Å². The third-order valence-electron chi connectivity index (χ3n) is 4.52. The summed E-state index contributed by atoms with van der Waals surface area (Å²) in [6.07, 6.45) is 5.15. The number of pyridine rings is 1. The summed E-state index contributed by atoms with van der Waals surface area (Å²) in [4.78, 5) is 30.4. The molecule has 1 saturated heterocycles. The standard InChI is InChI=1S/C20H23N3O2/c1-15-2-4-17(5-3-15)14-23-13-10-18(20(23)25)22-19(24)7-6-16-8-11-21-12-9-16/h2-5,8-9,11-12,18H,6-7,10,13-14H2,1H3,(H,22,24)/t18-/m1/s1. The molecular weight excluding hydrogens is 314 g/mol. The first-order chi connectivity index (χ1) is 12.1. The van der Waals surface area contributed by atoms with Gasteiger partial charge in [-0.05, 0) is 43.0 Å². The molecule has 1 aromatic heterocycles. The molecule has 1 aliphatic heterocycles. The average molecular weight is 337 g/mol. The second-order valence-electron chi connectivity index (χ2n) is 6.51. The monoisotopic (exact) mass is 337 g/mol. The molecule has 2 heterocycles. The maximum atomic E-state index is 12.5. The number of likely N-dealkylation sites (tertiary alicyclic amines) is 1. The number of aromatic nitrogens is 1. The summed E-state index contributed by atoms with van der Waals surface area (Å²) < 4.78 is 0. The fraction of sp³-hybridized carbons (Fsp3) is 0.350. The summed E-state index contributed by atoms with van der Waals surface area (Å²) in [5.41, 5.74) is 3.39. The Morgan fingerprint density at radius 3 is 2.60 bits per heavy atom. The van der Waals surface area contributed by atoms with E-state index in [1.54, 1.807) is 12.4 Å². The molecule has 0 saturated carbocycles. The second kappa shape index (κ2) is 7.92. The van der Waals surface area contributed by atoms with Crippen molar-refractivity contribution in [3.63, 3.8) is 0 Å². The predicted octanol–water partition coefficient (Wildman–Crippen LogP) is 2.24. The molecule has 0 bridgehead atoms. The number of aryl methyl sites for hydroxylation is 2. The zero-order chi connectivity index (χ0) is 17.6. The quantitative estimate of drug-likeness (QED) is 0.879. The van der Waals surface area contributed by atoms with Crippen LogP contribution < -0.4 is 5.32 Å². The highest BCUT2D eigenvalue weighted by Gasteiger charge is 2.32. The van der Waals surface area contributed by atoms with Crippen molar-refractivity contribution < 1.29 is 9.59 Å². The van der Waals surface area contributed by atoms with Crippen molar-refractivity contribution >= 4 is 11.8 Å². The Balaban J connectivity index is 1.48. The topological polar surface area (TPSA) is 62.3 Å². The highest BCUT2D eigenvalue weighted by atomic mass is 16.2. The summed E-state index contributed by atoms with van der Waals surface area (Å²) in [5.74, 6) is -0.0646. The highest BCUT2D eigenvalue weighted by Crippen LogP contribution is 2.16. The van der Waals surface area contributed by atoms with Gasteiger partial charge in [-0.3, -0.25) is 14.6 Å². The predicted molar refractivity (Wildman–Crippen MR) is 95.7 cm³/mol. The first-order valence-electron chi connectivity index (χ1n) is 8.64. The average Bonchev–Trinajstić information content (AvgIpc) is 2.96. The van der Waals surface area contributed by atoms with E-state index in [9.17, 15) is 9.59 Å². The molecule has 25 heavy (non-hydrogen) atoms. The number of carbonyl (C=O) groups is 2. The summed E-state index contributed by atoms with van der Waals surface area (Å²) in [6.45, 7) is 3.33. The van der Waals surface area contributed by atoms with Gasteiger partial charge in [-0.25, -0.2) is 0 Å². The Morgan fingerprint density at radius 1 is 1.16 bits per heavy atom. The largest absolute Gasteiger partial charge is 0.344 e. The zero-order valence-electron chi connectivity index (χ0n) is 14.4. The lowest BCUT2D eigenvalue weighted by Crippen LogP contribution is -2.41. The van der Waals surface area contributed by atoms with Crippen molar-refractivity contribution in [3.8, 4) is 0 Å².